The van der Waals surface area contributed by atoms with Gasteiger partial charge in [0.15, 0.2) is 0 Å². The highest BCUT2D eigenvalue weighted by Crippen LogP contribution is 2.46. The predicted molar refractivity (Wildman–Crippen MR) is 95.1 cm³/mol. The Kier molecular flexibility index (Phi) is 4.58. The number of hydrogen-bond donors (Lipinski definition) is 0. The van der Waals surface area contributed by atoms with Crippen LogP contribution in [0.2, 0.25) is 0 Å². The average molecular weight is 377 g/mol. The zero-order valence-electron chi connectivity index (χ0n) is 14.8. The zero-order chi connectivity index (χ0) is 18.2. The van der Waals surface area contributed by atoms with Gasteiger partial charge in [0.25, 0.3) is 0 Å². The van der Waals surface area contributed by atoms with Crippen LogP contribution in [0.1, 0.15) is 42.7 Å². The second-order valence-corrected chi connectivity index (χ2v) is 9.20. The molecule has 4 rings (SSSR count). The van der Waals surface area contributed by atoms with Crippen LogP contribution in [0, 0.1) is 0 Å². The maximum Gasteiger partial charge on any atom is 0.246 e. The first-order valence-corrected chi connectivity index (χ1v) is 10.8. The lowest BCUT2D eigenvalue weighted by molar-refractivity contribution is -0.0187. The monoisotopic (exact) mass is 377 g/mol. The van der Waals surface area contributed by atoms with Crippen molar-refractivity contribution < 1.29 is 17.6 Å². The fourth-order valence-corrected chi connectivity index (χ4v) is 4.52. The Morgan fingerprint density at radius 1 is 1.23 bits per heavy atom. The number of aromatic nitrogens is 2. The lowest BCUT2D eigenvalue weighted by Crippen LogP contribution is -2.41. The first-order chi connectivity index (χ1) is 12.5. The number of nitrogens with zero attached hydrogens (tertiary/aromatic N) is 3. The molecule has 0 bridgehead atoms. The largest absolute Gasteiger partial charge is 0.422 e. The smallest absolute Gasteiger partial charge is 0.246 e. The van der Waals surface area contributed by atoms with E-state index in [1.54, 1.807) is 0 Å². The summed E-state index contributed by atoms with van der Waals surface area (Å²) in [5, 5.41) is 8.49. The number of hydrogen-bond acceptors (Lipinski definition) is 6. The third-order valence-electron chi connectivity index (χ3n) is 5.36. The second-order valence-electron chi connectivity index (χ2n) is 7.22. The molecule has 2 aromatic rings. The molecular weight excluding hydrogens is 354 g/mol. The number of morpholine rings is 1. The molecule has 0 N–H and O–H groups in total. The summed E-state index contributed by atoms with van der Waals surface area (Å²) in [6, 6.07) is 10.3. The Morgan fingerprint density at radius 2 is 2.00 bits per heavy atom. The van der Waals surface area contributed by atoms with Gasteiger partial charge in [-0.3, -0.25) is 0 Å². The maximum absolute atomic E-state index is 11.8. The summed E-state index contributed by atoms with van der Waals surface area (Å²) >= 11 is 0. The van der Waals surface area contributed by atoms with E-state index in [0.29, 0.717) is 24.9 Å². The van der Waals surface area contributed by atoms with Gasteiger partial charge in [-0.15, -0.1) is 10.2 Å². The van der Waals surface area contributed by atoms with E-state index in [0.717, 1.165) is 25.7 Å². The summed E-state index contributed by atoms with van der Waals surface area (Å²) in [4.78, 5) is 0. The normalized spacial score (nSPS) is 23.5. The lowest BCUT2D eigenvalue weighted by Gasteiger charge is -2.38. The molecule has 2 heterocycles. The van der Waals surface area contributed by atoms with Crippen LogP contribution in [-0.2, 0) is 26.6 Å². The molecule has 0 amide bonds. The Morgan fingerprint density at radius 3 is 2.65 bits per heavy atom. The SMILES string of the molecule is CS(=O)(=O)N1CCO[C@H](c2nnc(C3(Cc4ccccc4)CCC3)o2)C1. The third kappa shape index (κ3) is 3.41. The van der Waals surface area contributed by atoms with E-state index < -0.39 is 16.1 Å². The van der Waals surface area contributed by atoms with Crippen LogP contribution in [0.25, 0.3) is 0 Å². The van der Waals surface area contributed by atoms with E-state index >= 15 is 0 Å². The van der Waals surface area contributed by atoms with E-state index in [1.165, 1.54) is 16.1 Å². The van der Waals surface area contributed by atoms with Gasteiger partial charge in [-0.2, -0.15) is 4.31 Å². The van der Waals surface area contributed by atoms with Gasteiger partial charge in [-0.25, -0.2) is 8.42 Å². The second kappa shape index (κ2) is 6.75. The van der Waals surface area contributed by atoms with Crippen molar-refractivity contribution >= 4 is 10.0 Å². The van der Waals surface area contributed by atoms with Gasteiger partial charge in [-0.05, 0) is 24.8 Å². The van der Waals surface area contributed by atoms with E-state index in [2.05, 4.69) is 22.3 Å². The molecule has 0 radical (unpaired) electrons. The average Bonchev–Trinajstić information content (AvgIpc) is 3.09. The first-order valence-electron chi connectivity index (χ1n) is 8.91. The highest BCUT2D eigenvalue weighted by atomic mass is 32.2. The van der Waals surface area contributed by atoms with Gasteiger partial charge in [0.2, 0.25) is 21.8 Å². The summed E-state index contributed by atoms with van der Waals surface area (Å²) in [7, 11) is -3.26. The fraction of sp³-hybridized carbons (Fsp3) is 0.556. The third-order valence-corrected chi connectivity index (χ3v) is 6.63. The minimum atomic E-state index is -3.26. The number of ether oxygens (including phenoxy) is 1. The van der Waals surface area contributed by atoms with Crippen LogP contribution >= 0.6 is 0 Å². The highest BCUT2D eigenvalue weighted by molar-refractivity contribution is 7.88. The summed E-state index contributed by atoms with van der Waals surface area (Å²) in [6.07, 6.45) is 4.75. The molecule has 1 aromatic heterocycles. The van der Waals surface area contributed by atoms with Crippen molar-refractivity contribution in [2.75, 3.05) is 26.0 Å². The van der Waals surface area contributed by atoms with Crippen molar-refractivity contribution in [3.63, 3.8) is 0 Å². The minimum absolute atomic E-state index is 0.113. The van der Waals surface area contributed by atoms with Crippen LogP contribution in [0.4, 0.5) is 0 Å². The van der Waals surface area contributed by atoms with Crippen LogP contribution in [0.15, 0.2) is 34.7 Å². The van der Waals surface area contributed by atoms with Crippen molar-refractivity contribution in [2.24, 2.45) is 0 Å². The molecule has 1 saturated heterocycles. The molecule has 26 heavy (non-hydrogen) atoms. The minimum Gasteiger partial charge on any atom is -0.422 e. The van der Waals surface area contributed by atoms with Crippen molar-refractivity contribution in [1.82, 2.24) is 14.5 Å². The molecule has 1 aliphatic carbocycles. The van der Waals surface area contributed by atoms with Crippen LogP contribution in [0.5, 0.6) is 0 Å². The quantitative estimate of drug-likeness (QED) is 0.793. The molecule has 2 fully saturated rings. The molecule has 140 valence electrons. The number of sulfonamides is 1. The number of rotatable bonds is 5. The van der Waals surface area contributed by atoms with Crippen molar-refractivity contribution in [3.05, 3.63) is 47.7 Å². The molecule has 0 spiro atoms. The summed E-state index contributed by atoms with van der Waals surface area (Å²) in [5.41, 5.74) is 1.14. The van der Waals surface area contributed by atoms with E-state index in [9.17, 15) is 8.42 Å². The van der Waals surface area contributed by atoms with Gasteiger partial charge in [0, 0.05) is 13.1 Å². The fourth-order valence-electron chi connectivity index (χ4n) is 3.71. The molecule has 1 saturated carbocycles. The van der Waals surface area contributed by atoms with Crippen molar-refractivity contribution in [1.29, 1.82) is 0 Å². The molecule has 0 unspecified atom stereocenters. The molecule has 8 heteroatoms. The molecule has 1 aliphatic heterocycles. The highest BCUT2D eigenvalue weighted by Gasteiger charge is 2.44. The summed E-state index contributed by atoms with van der Waals surface area (Å²) < 4.78 is 36.7. The van der Waals surface area contributed by atoms with E-state index in [-0.39, 0.29) is 12.0 Å². The molecule has 1 aromatic carbocycles. The predicted octanol–water partition coefficient (Wildman–Crippen LogP) is 2.07. The van der Waals surface area contributed by atoms with Gasteiger partial charge >= 0.3 is 0 Å². The molecular formula is C18H23N3O4S. The Balaban J connectivity index is 1.53. The topological polar surface area (TPSA) is 85.5 Å². The van der Waals surface area contributed by atoms with Crippen molar-refractivity contribution in [3.8, 4) is 0 Å². The van der Waals surface area contributed by atoms with Crippen LogP contribution < -0.4 is 0 Å². The van der Waals surface area contributed by atoms with Gasteiger partial charge in [0.05, 0.1) is 18.3 Å². The summed E-state index contributed by atoms with van der Waals surface area (Å²) in [5.74, 6) is 1.01. The molecule has 7 nitrogen and oxygen atoms in total. The summed E-state index contributed by atoms with van der Waals surface area (Å²) in [6.45, 7) is 0.894. The van der Waals surface area contributed by atoms with E-state index in [4.69, 9.17) is 9.15 Å². The Labute approximate surface area is 153 Å². The lowest BCUT2D eigenvalue weighted by atomic mass is 9.65. The molecule has 2 aliphatic rings. The van der Waals surface area contributed by atoms with Crippen LogP contribution in [-0.4, -0.2) is 48.9 Å². The van der Waals surface area contributed by atoms with Gasteiger partial charge in [0.1, 0.15) is 6.10 Å². The maximum atomic E-state index is 11.8. The van der Waals surface area contributed by atoms with Gasteiger partial charge < -0.3 is 9.15 Å². The zero-order valence-corrected chi connectivity index (χ0v) is 15.6. The first kappa shape index (κ1) is 17.6. The Bertz CT molecular complexity index is 862. The van der Waals surface area contributed by atoms with Crippen molar-refractivity contribution in [2.45, 2.75) is 37.2 Å². The molecule has 1 atom stereocenters. The van der Waals surface area contributed by atoms with Gasteiger partial charge in [-0.1, -0.05) is 36.8 Å². The standard InChI is InChI=1S/C18H23N3O4S/c1-26(22,23)21-10-11-24-15(13-21)16-19-20-17(25-16)18(8-5-9-18)12-14-6-3-2-4-7-14/h2-4,6-7,15H,5,8-13H2,1H3/t15-/m0/s1. The number of benzene rings is 1. The Hall–Kier alpha value is -1.77. The van der Waals surface area contributed by atoms with E-state index in [1.807, 2.05) is 18.2 Å². The van der Waals surface area contributed by atoms with Crippen LogP contribution in [0.3, 0.4) is 0 Å².